The fraction of sp³-hybridized carbons (Fsp3) is 0.500. The molecule has 1 saturated heterocycles. The van der Waals surface area contributed by atoms with E-state index in [1.165, 1.54) is 12.8 Å². The van der Waals surface area contributed by atoms with E-state index < -0.39 is 0 Å². The molecule has 2 heterocycles. The lowest BCUT2D eigenvalue weighted by molar-refractivity contribution is -0.125. The number of carbonyl (C=O) groups excluding carboxylic acids is 1. The highest BCUT2D eigenvalue weighted by Crippen LogP contribution is 2.40. The van der Waals surface area contributed by atoms with Crippen molar-refractivity contribution in [2.24, 2.45) is 5.92 Å². The zero-order valence-electron chi connectivity index (χ0n) is 13.6. The summed E-state index contributed by atoms with van der Waals surface area (Å²) in [7, 11) is 0. The third-order valence-corrected chi connectivity index (χ3v) is 5.77. The molecule has 1 amide bonds. The van der Waals surface area contributed by atoms with Crippen molar-refractivity contribution in [3.8, 4) is 5.69 Å². The number of amides is 1. The average molecular weight is 342 g/mol. The van der Waals surface area contributed by atoms with Gasteiger partial charge in [-0.05, 0) is 49.3 Å². The molecule has 0 unspecified atom stereocenters. The van der Waals surface area contributed by atoms with Crippen molar-refractivity contribution in [1.29, 1.82) is 0 Å². The van der Waals surface area contributed by atoms with Crippen LogP contribution in [0.3, 0.4) is 0 Å². The molecular formula is C18H22N4OS. The second-order valence-corrected chi connectivity index (χ2v) is 7.75. The van der Waals surface area contributed by atoms with Crippen LogP contribution in [0.4, 0.5) is 0 Å². The maximum Gasteiger partial charge on any atom is 0.223 e. The number of aromatic nitrogens is 3. The standard InChI is InChI=1S/C18H22N4OS/c23-18(14-8-10-24-11-9-14)19-12-16-20-21-17(13-6-7-13)22(16)15-4-2-1-3-5-15/h1-5,13-14H,6-12H2,(H,19,23). The highest BCUT2D eigenvalue weighted by atomic mass is 32.2. The SMILES string of the molecule is O=C(NCc1nnc(C2CC2)n1-c1ccccc1)C1CCSCC1. The van der Waals surface area contributed by atoms with Crippen molar-refractivity contribution in [2.75, 3.05) is 11.5 Å². The number of nitrogens with one attached hydrogen (secondary N) is 1. The number of thioether (sulfide) groups is 1. The van der Waals surface area contributed by atoms with Crippen LogP contribution < -0.4 is 5.32 Å². The molecule has 4 rings (SSSR count). The van der Waals surface area contributed by atoms with Crippen molar-refractivity contribution in [3.05, 3.63) is 42.0 Å². The van der Waals surface area contributed by atoms with Gasteiger partial charge in [-0.3, -0.25) is 9.36 Å². The number of hydrogen-bond donors (Lipinski definition) is 1. The summed E-state index contributed by atoms with van der Waals surface area (Å²) in [4.78, 5) is 12.4. The summed E-state index contributed by atoms with van der Waals surface area (Å²) in [5.74, 6) is 4.85. The summed E-state index contributed by atoms with van der Waals surface area (Å²) in [6, 6.07) is 10.2. The van der Waals surface area contributed by atoms with Gasteiger partial charge in [0.15, 0.2) is 5.82 Å². The molecule has 2 fully saturated rings. The van der Waals surface area contributed by atoms with Crippen LogP contribution in [-0.2, 0) is 11.3 Å². The summed E-state index contributed by atoms with van der Waals surface area (Å²) < 4.78 is 2.12. The number of para-hydroxylation sites is 1. The number of benzene rings is 1. The van der Waals surface area contributed by atoms with Gasteiger partial charge in [-0.15, -0.1) is 10.2 Å². The molecule has 0 bridgehead atoms. The molecule has 126 valence electrons. The Kier molecular flexibility index (Phi) is 4.56. The van der Waals surface area contributed by atoms with Gasteiger partial charge in [0.05, 0.1) is 6.54 Å². The van der Waals surface area contributed by atoms with Crippen LogP contribution >= 0.6 is 11.8 Å². The van der Waals surface area contributed by atoms with Crippen molar-refractivity contribution >= 4 is 17.7 Å². The van der Waals surface area contributed by atoms with E-state index in [1.807, 2.05) is 30.0 Å². The fourth-order valence-electron chi connectivity index (χ4n) is 3.18. The van der Waals surface area contributed by atoms with Gasteiger partial charge >= 0.3 is 0 Å². The second kappa shape index (κ2) is 6.97. The van der Waals surface area contributed by atoms with E-state index in [9.17, 15) is 4.79 Å². The lowest BCUT2D eigenvalue weighted by Crippen LogP contribution is -2.33. The number of hydrogen-bond acceptors (Lipinski definition) is 4. The van der Waals surface area contributed by atoms with Crippen LogP contribution in [0.1, 0.15) is 43.3 Å². The lowest BCUT2D eigenvalue weighted by atomic mass is 10.0. The first-order valence-corrected chi connectivity index (χ1v) is 9.83. The van der Waals surface area contributed by atoms with Crippen LogP contribution in [0.25, 0.3) is 5.69 Å². The van der Waals surface area contributed by atoms with E-state index in [0.29, 0.717) is 12.5 Å². The lowest BCUT2D eigenvalue weighted by Gasteiger charge is -2.20. The van der Waals surface area contributed by atoms with E-state index in [4.69, 9.17) is 0 Å². The van der Waals surface area contributed by atoms with Crippen LogP contribution in [0, 0.1) is 5.92 Å². The first kappa shape index (κ1) is 15.7. The third-order valence-electron chi connectivity index (χ3n) is 4.72. The average Bonchev–Trinajstić information content (AvgIpc) is 3.40. The number of carbonyl (C=O) groups is 1. The van der Waals surface area contributed by atoms with Crippen molar-refractivity contribution < 1.29 is 4.79 Å². The summed E-state index contributed by atoms with van der Waals surface area (Å²) in [6.45, 7) is 0.442. The quantitative estimate of drug-likeness (QED) is 0.908. The van der Waals surface area contributed by atoms with Gasteiger partial charge in [-0.2, -0.15) is 11.8 Å². The molecule has 24 heavy (non-hydrogen) atoms. The number of nitrogens with zero attached hydrogens (tertiary/aromatic N) is 3. The van der Waals surface area contributed by atoms with Gasteiger partial charge in [0.2, 0.25) is 5.91 Å². The predicted octanol–water partition coefficient (Wildman–Crippen LogP) is 2.90. The monoisotopic (exact) mass is 342 g/mol. The molecule has 5 nitrogen and oxygen atoms in total. The molecule has 1 N–H and O–H groups in total. The number of rotatable bonds is 5. The Labute approximate surface area is 146 Å². The van der Waals surface area contributed by atoms with Crippen molar-refractivity contribution in [1.82, 2.24) is 20.1 Å². The molecule has 2 aromatic rings. The van der Waals surface area contributed by atoms with Gasteiger partial charge in [0.25, 0.3) is 0 Å². The van der Waals surface area contributed by atoms with Gasteiger partial charge in [0, 0.05) is 17.5 Å². The molecule has 1 aliphatic carbocycles. The molecule has 6 heteroatoms. The zero-order valence-corrected chi connectivity index (χ0v) is 14.5. The highest BCUT2D eigenvalue weighted by molar-refractivity contribution is 7.99. The third kappa shape index (κ3) is 3.34. The molecule has 0 spiro atoms. The molecule has 0 atom stereocenters. The predicted molar refractivity (Wildman–Crippen MR) is 95.2 cm³/mol. The van der Waals surface area contributed by atoms with Gasteiger partial charge in [-0.25, -0.2) is 0 Å². The second-order valence-electron chi connectivity index (χ2n) is 6.52. The van der Waals surface area contributed by atoms with Crippen LogP contribution in [0.15, 0.2) is 30.3 Å². The minimum Gasteiger partial charge on any atom is -0.349 e. The summed E-state index contributed by atoms with van der Waals surface area (Å²) in [5, 5.41) is 11.8. The highest BCUT2D eigenvalue weighted by Gasteiger charge is 2.31. The van der Waals surface area contributed by atoms with Gasteiger partial charge in [0.1, 0.15) is 5.82 Å². The van der Waals surface area contributed by atoms with Gasteiger partial charge in [-0.1, -0.05) is 18.2 Å². The minimum atomic E-state index is 0.155. The van der Waals surface area contributed by atoms with E-state index in [-0.39, 0.29) is 11.8 Å². The Morgan fingerprint density at radius 2 is 1.88 bits per heavy atom. The molecule has 1 saturated carbocycles. The molecule has 1 aromatic heterocycles. The molecular weight excluding hydrogens is 320 g/mol. The first-order valence-electron chi connectivity index (χ1n) is 8.68. The van der Waals surface area contributed by atoms with Crippen molar-refractivity contribution in [2.45, 2.75) is 38.1 Å². The zero-order chi connectivity index (χ0) is 16.4. The maximum absolute atomic E-state index is 12.4. The van der Waals surface area contributed by atoms with Crippen LogP contribution in [-0.4, -0.2) is 32.2 Å². The normalized spacial score (nSPS) is 18.5. The Balaban J connectivity index is 1.51. The van der Waals surface area contributed by atoms with E-state index in [1.54, 1.807) is 0 Å². The van der Waals surface area contributed by atoms with Crippen LogP contribution in [0.5, 0.6) is 0 Å². The van der Waals surface area contributed by atoms with E-state index in [2.05, 4.69) is 32.2 Å². The fourth-order valence-corrected chi connectivity index (χ4v) is 4.29. The molecule has 2 aliphatic rings. The maximum atomic E-state index is 12.4. The van der Waals surface area contributed by atoms with E-state index >= 15 is 0 Å². The summed E-state index contributed by atoms with van der Waals surface area (Å²) >= 11 is 1.94. The first-order chi connectivity index (χ1) is 11.8. The summed E-state index contributed by atoms with van der Waals surface area (Å²) in [6.07, 6.45) is 4.32. The minimum absolute atomic E-state index is 0.155. The Bertz CT molecular complexity index is 705. The largest absolute Gasteiger partial charge is 0.349 e. The van der Waals surface area contributed by atoms with Crippen LogP contribution in [0.2, 0.25) is 0 Å². The smallest absolute Gasteiger partial charge is 0.223 e. The van der Waals surface area contributed by atoms with Crippen molar-refractivity contribution in [3.63, 3.8) is 0 Å². The van der Waals surface area contributed by atoms with E-state index in [0.717, 1.165) is 41.7 Å². The Morgan fingerprint density at radius 3 is 2.58 bits per heavy atom. The summed E-state index contributed by atoms with van der Waals surface area (Å²) in [5.41, 5.74) is 1.07. The Morgan fingerprint density at radius 1 is 1.12 bits per heavy atom. The molecule has 1 aliphatic heterocycles. The molecule has 0 radical (unpaired) electrons. The Hall–Kier alpha value is -1.82. The topological polar surface area (TPSA) is 59.8 Å². The molecule has 1 aromatic carbocycles. The van der Waals surface area contributed by atoms with Gasteiger partial charge < -0.3 is 5.32 Å².